The van der Waals surface area contributed by atoms with Gasteiger partial charge in [-0.05, 0) is 37.8 Å². The van der Waals surface area contributed by atoms with Gasteiger partial charge in [0.2, 0.25) is 0 Å². The number of pyridine rings is 1. The molecule has 0 saturated heterocycles. The minimum Gasteiger partial charge on any atom is -0.397 e. The van der Waals surface area contributed by atoms with E-state index in [1.807, 2.05) is 6.92 Å². The molecule has 0 atom stereocenters. The molecule has 0 bridgehead atoms. The van der Waals surface area contributed by atoms with Gasteiger partial charge in [-0.2, -0.15) is 0 Å². The fraction of sp³-hybridized carbons (Fsp3) is 0.455. The lowest BCUT2D eigenvalue weighted by Crippen LogP contribution is -2.42. The highest BCUT2D eigenvalue weighted by Crippen LogP contribution is 2.18. The number of carbonyl (C=O) groups excluding carboxylic acids is 1. The van der Waals surface area contributed by atoms with E-state index < -0.39 is 0 Å². The fourth-order valence-electron chi connectivity index (χ4n) is 1.53. The Kier molecular flexibility index (Phi) is 2.94. The Labute approximate surface area is 94.4 Å². The first-order valence-corrected chi connectivity index (χ1v) is 5.45. The zero-order chi connectivity index (χ0) is 11.5. The number of nitrogens with zero attached hydrogens (tertiary/aromatic N) is 1. The highest BCUT2D eigenvalue weighted by Gasteiger charge is 2.19. The normalized spacial score (nSPS) is 15.3. The maximum absolute atomic E-state index is 11.5. The third-order valence-corrected chi connectivity index (χ3v) is 2.83. The van der Waals surface area contributed by atoms with E-state index in [0.29, 0.717) is 17.5 Å². The Morgan fingerprint density at radius 2 is 2.31 bits per heavy atom. The van der Waals surface area contributed by atoms with Gasteiger partial charge in [-0.3, -0.25) is 5.32 Å². The first-order chi connectivity index (χ1) is 7.65. The number of carbonyl (C=O) groups is 1. The van der Waals surface area contributed by atoms with Crippen LogP contribution in [0.3, 0.4) is 0 Å². The minimum absolute atomic E-state index is 0.193. The maximum Gasteiger partial charge on any atom is 0.320 e. The van der Waals surface area contributed by atoms with E-state index in [4.69, 9.17) is 5.73 Å². The molecule has 1 aromatic heterocycles. The van der Waals surface area contributed by atoms with Crippen molar-refractivity contribution >= 4 is 17.5 Å². The maximum atomic E-state index is 11.5. The molecule has 0 spiro atoms. The summed E-state index contributed by atoms with van der Waals surface area (Å²) in [6, 6.07) is 1.90. The Balaban J connectivity index is 1.92. The second-order valence-electron chi connectivity index (χ2n) is 4.15. The Bertz CT molecular complexity index is 401. The summed E-state index contributed by atoms with van der Waals surface area (Å²) in [5.41, 5.74) is 7.18. The number of amides is 2. The van der Waals surface area contributed by atoms with Crippen LogP contribution in [0.5, 0.6) is 0 Å². The Morgan fingerprint density at radius 3 is 2.88 bits per heavy atom. The van der Waals surface area contributed by atoms with Crippen LogP contribution >= 0.6 is 0 Å². The Hall–Kier alpha value is -1.78. The van der Waals surface area contributed by atoms with Gasteiger partial charge in [0.25, 0.3) is 0 Å². The molecule has 5 heteroatoms. The third kappa shape index (κ3) is 2.42. The van der Waals surface area contributed by atoms with Crippen LogP contribution < -0.4 is 16.4 Å². The van der Waals surface area contributed by atoms with Crippen molar-refractivity contribution in [2.45, 2.75) is 32.2 Å². The number of nitrogens with one attached hydrogen (secondary N) is 2. The van der Waals surface area contributed by atoms with Crippen LogP contribution in [0.4, 0.5) is 16.3 Å². The van der Waals surface area contributed by atoms with Crippen molar-refractivity contribution in [2.24, 2.45) is 0 Å². The van der Waals surface area contributed by atoms with Gasteiger partial charge in [0, 0.05) is 6.04 Å². The van der Waals surface area contributed by atoms with E-state index in [9.17, 15) is 4.79 Å². The van der Waals surface area contributed by atoms with Crippen LogP contribution in [0, 0.1) is 6.92 Å². The summed E-state index contributed by atoms with van der Waals surface area (Å²) in [5.74, 6) is 0.531. The van der Waals surface area contributed by atoms with E-state index in [0.717, 1.165) is 18.4 Å². The van der Waals surface area contributed by atoms with Crippen LogP contribution in [0.15, 0.2) is 12.3 Å². The summed E-state index contributed by atoms with van der Waals surface area (Å²) in [6.45, 7) is 1.88. The van der Waals surface area contributed by atoms with Crippen LogP contribution in [0.1, 0.15) is 24.8 Å². The quantitative estimate of drug-likeness (QED) is 0.708. The van der Waals surface area contributed by atoms with Gasteiger partial charge < -0.3 is 11.1 Å². The summed E-state index contributed by atoms with van der Waals surface area (Å²) >= 11 is 0. The second-order valence-corrected chi connectivity index (χ2v) is 4.15. The number of urea groups is 1. The lowest BCUT2D eigenvalue weighted by molar-refractivity contribution is 0.240. The number of anilines is 2. The number of hydrogen-bond acceptors (Lipinski definition) is 3. The van der Waals surface area contributed by atoms with Gasteiger partial charge >= 0.3 is 6.03 Å². The number of aromatic nitrogens is 1. The number of nitrogens with two attached hydrogens (primary N) is 1. The summed E-state index contributed by atoms with van der Waals surface area (Å²) in [7, 11) is 0. The molecule has 1 aliphatic rings. The van der Waals surface area contributed by atoms with Gasteiger partial charge in [0.1, 0.15) is 5.82 Å². The molecule has 16 heavy (non-hydrogen) atoms. The molecule has 0 aromatic carbocycles. The smallest absolute Gasteiger partial charge is 0.320 e. The van der Waals surface area contributed by atoms with E-state index in [2.05, 4.69) is 15.6 Å². The van der Waals surface area contributed by atoms with Crippen molar-refractivity contribution in [3.63, 3.8) is 0 Å². The molecule has 4 N–H and O–H groups in total. The predicted octanol–water partition coefficient (Wildman–Crippen LogP) is 1.65. The molecule has 2 rings (SSSR count). The minimum atomic E-state index is -0.193. The molecule has 1 fully saturated rings. The molecule has 0 radical (unpaired) electrons. The van der Waals surface area contributed by atoms with E-state index in [1.165, 1.54) is 6.42 Å². The molecule has 0 aliphatic heterocycles. The van der Waals surface area contributed by atoms with Crippen molar-refractivity contribution in [3.05, 3.63) is 17.8 Å². The number of rotatable bonds is 2. The first kappa shape index (κ1) is 10.7. The number of nitrogen functional groups attached to an aromatic ring is 1. The number of aryl methyl sites for hydroxylation is 1. The molecule has 86 valence electrons. The van der Waals surface area contributed by atoms with Crippen LogP contribution in [0.25, 0.3) is 0 Å². The zero-order valence-electron chi connectivity index (χ0n) is 9.29. The molecule has 1 heterocycles. The average Bonchev–Trinajstić information content (AvgIpc) is 2.18. The lowest BCUT2D eigenvalue weighted by Gasteiger charge is -2.26. The molecule has 1 aromatic rings. The van der Waals surface area contributed by atoms with Gasteiger partial charge in [0.05, 0.1) is 11.9 Å². The van der Waals surface area contributed by atoms with Crippen molar-refractivity contribution in [3.8, 4) is 0 Å². The average molecular weight is 220 g/mol. The first-order valence-electron chi connectivity index (χ1n) is 5.45. The zero-order valence-corrected chi connectivity index (χ0v) is 9.29. The van der Waals surface area contributed by atoms with E-state index in [1.54, 1.807) is 12.3 Å². The molecule has 5 nitrogen and oxygen atoms in total. The second kappa shape index (κ2) is 4.38. The van der Waals surface area contributed by atoms with Crippen molar-refractivity contribution in [1.29, 1.82) is 0 Å². The van der Waals surface area contributed by atoms with Crippen LogP contribution in [-0.4, -0.2) is 17.1 Å². The van der Waals surface area contributed by atoms with Crippen molar-refractivity contribution < 1.29 is 4.79 Å². The molecule has 1 aliphatic carbocycles. The summed E-state index contributed by atoms with van der Waals surface area (Å²) in [4.78, 5) is 15.6. The lowest BCUT2D eigenvalue weighted by atomic mass is 9.93. The summed E-state index contributed by atoms with van der Waals surface area (Å²) in [5, 5.41) is 5.57. The monoisotopic (exact) mass is 220 g/mol. The fourth-order valence-corrected chi connectivity index (χ4v) is 1.53. The van der Waals surface area contributed by atoms with Crippen LogP contribution in [-0.2, 0) is 0 Å². The Morgan fingerprint density at radius 1 is 1.56 bits per heavy atom. The molecule has 1 saturated carbocycles. The topological polar surface area (TPSA) is 80.0 Å². The van der Waals surface area contributed by atoms with Gasteiger partial charge in [-0.25, -0.2) is 9.78 Å². The summed E-state index contributed by atoms with van der Waals surface area (Å²) < 4.78 is 0. The highest BCUT2D eigenvalue weighted by molar-refractivity contribution is 5.88. The van der Waals surface area contributed by atoms with E-state index in [-0.39, 0.29) is 6.03 Å². The van der Waals surface area contributed by atoms with Crippen molar-refractivity contribution in [1.82, 2.24) is 10.3 Å². The third-order valence-electron chi connectivity index (χ3n) is 2.83. The summed E-state index contributed by atoms with van der Waals surface area (Å²) in [6.07, 6.45) is 4.89. The highest BCUT2D eigenvalue weighted by atomic mass is 16.2. The van der Waals surface area contributed by atoms with Gasteiger partial charge in [0.15, 0.2) is 0 Å². The molecular formula is C11H16N4O. The molecular weight excluding hydrogens is 204 g/mol. The molecule has 2 amide bonds. The standard InChI is InChI=1S/C11H16N4O/c1-7-5-10(13-6-9(7)12)15-11(16)14-8-3-2-4-8/h5-6,8H,2-4,12H2,1H3,(H2,13,14,15,16). The van der Waals surface area contributed by atoms with Gasteiger partial charge in [-0.15, -0.1) is 0 Å². The number of hydrogen-bond donors (Lipinski definition) is 3. The SMILES string of the molecule is Cc1cc(NC(=O)NC2CCC2)ncc1N. The van der Waals surface area contributed by atoms with E-state index >= 15 is 0 Å². The van der Waals surface area contributed by atoms with Crippen LogP contribution in [0.2, 0.25) is 0 Å². The predicted molar refractivity (Wildman–Crippen MR) is 63.2 cm³/mol. The van der Waals surface area contributed by atoms with Crippen molar-refractivity contribution in [2.75, 3.05) is 11.1 Å². The largest absolute Gasteiger partial charge is 0.397 e. The molecule has 0 unspecified atom stereocenters. The van der Waals surface area contributed by atoms with Gasteiger partial charge in [-0.1, -0.05) is 0 Å².